The average molecular weight is 507 g/mol. The summed E-state index contributed by atoms with van der Waals surface area (Å²) in [5, 5.41) is 10.1. The lowest BCUT2D eigenvalue weighted by Gasteiger charge is -2.36. The summed E-state index contributed by atoms with van der Waals surface area (Å²) in [7, 11) is 0. The molecule has 1 aliphatic rings. The van der Waals surface area contributed by atoms with Gasteiger partial charge in [-0.25, -0.2) is 0 Å². The van der Waals surface area contributed by atoms with Gasteiger partial charge < -0.3 is 9.80 Å². The molecule has 36 heavy (non-hydrogen) atoms. The van der Waals surface area contributed by atoms with Crippen LogP contribution in [0.1, 0.15) is 32.5 Å². The molecule has 4 aromatic rings. The standard InChI is InChI=1S/C27H31ClN6O2/c1-19(2)12-13-33-26(36)22-8-3-4-9-23(22)34-24(29-30-27(33)34)10-11-25(35)32-16-14-31(15-17-32)21-7-5-6-20(28)18-21/h3-9,18-19H,10-17H2,1-2H3. The molecule has 0 aliphatic carbocycles. The van der Waals surface area contributed by atoms with E-state index in [-0.39, 0.29) is 11.5 Å². The summed E-state index contributed by atoms with van der Waals surface area (Å²) in [6.45, 7) is 7.74. The van der Waals surface area contributed by atoms with Gasteiger partial charge in [-0.05, 0) is 42.7 Å². The van der Waals surface area contributed by atoms with Crippen LogP contribution in [-0.4, -0.2) is 56.2 Å². The number of hydrogen-bond acceptors (Lipinski definition) is 5. The highest BCUT2D eigenvalue weighted by Crippen LogP contribution is 2.21. The molecule has 0 atom stereocenters. The number of carbonyl (C=O) groups is 1. The van der Waals surface area contributed by atoms with E-state index in [1.54, 1.807) is 4.57 Å². The summed E-state index contributed by atoms with van der Waals surface area (Å²) in [6, 6.07) is 15.4. The van der Waals surface area contributed by atoms with Gasteiger partial charge in [0.2, 0.25) is 11.7 Å². The molecule has 188 valence electrons. The summed E-state index contributed by atoms with van der Waals surface area (Å²) in [5.74, 6) is 1.81. The first-order valence-corrected chi connectivity index (χ1v) is 12.9. The fourth-order valence-corrected chi connectivity index (χ4v) is 5.01. The van der Waals surface area contributed by atoms with Crippen molar-refractivity contribution in [2.45, 2.75) is 39.7 Å². The maximum Gasteiger partial charge on any atom is 0.262 e. The molecule has 2 aromatic heterocycles. The number of rotatable bonds is 7. The third-order valence-electron chi connectivity index (χ3n) is 6.87. The van der Waals surface area contributed by atoms with Crippen LogP contribution in [0.15, 0.2) is 53.3 Å². The summed E-state index contributed by atoms with van der Waals surface area (Å²) in [5.41, 5.74) is 1.81. The number of halogens is 1. The minimum atomic E-state index is -0.0497. The molecule has 0 radical (unpaired) electrons. The Hall–Kier alpha value is -3.39. The van der Waals surface area contributed by atoms with Crippen molar-refractivity contribution in [2.75, 3.05) is 31.1 Å². The lowest BCUT2D eigenvalue weighted by molar-refractivity contribution is -0.131. The first-order valence-electron chi connectivity index (χ1n) is 12.6. The number of anilines is 1. The van der Waals surface area contributed by atoms with Crippen molar-refractivity contribution >= 4 is 39.9 Å². The second-order valence-corrected chi connectivity index (χ2v) is 10.2. The molecule has 1 amide bonds. The zero-order valence-electron chi connectivity index (χ0n) is 20.7. The smallest absolute Gasteiger partial charge is 0.262 e. The number of piperazine rings is 1. The van der Waals surface area contributed by atoms with Crippen LogP contribution in [0.2, 0.25) is 5.02 Å². The fraction of sp³-hybridized carbons (Fsp3) is 0.407. The van der Waals surface area contributed by atoms with Gasteiger partial charge in [0.15, 0.2) is 0 Å². The number of carbonyl (C=O) groups excluding carboxylic acids is 1. The highest BCUT2D eigenvalue weighted by Gasteiger charge is 2.23. The van der Waals surface area contributed by atoms with Gasteiger partial charge in [-0.2, -0.15) is 0 Å². The van der Waals surface area contributed by atoms with E-state index < -0.39 is 0 Å². The molecule has 9 heteroatoms. The van der Waals surface area contributed by atoms with Crippen molar-refractivity contribution in [3.05, 3.63) is 69.7 Å². The van der Waals surface area contributed by atoms with Crippen LogP contribution in [0.25, 0.3) is 16.7 Å². The Labute approximate surface area is 215 Å². The maximum absolute atomic E-state index is 13.2. The van der Waals surface area contributed by atoms with E-state index in [0.29, 0.717) is 60.4 Å². The largest absolute Gasteiger partial charge is 0.368 e. The van der Waals surface area contributed by atoms with E-state index in [9.17, 15) is 9.59 Å². The minimum Gasteiger partial charge on any atom is -0.368 e. The lowest BCUT2D eigenvalue weighted by Crippen LogP contribution is -2.48. The monoisotopic (exact) mass is 506 g/mol. The second kappa shape index (κ2) is 10.3. The third-order valence-corrected chi connectivity index (χ3v) is 7.11. The fourth-order valence-electron chi connectivity index (χ4n) is 4.83. The van der Waals surface area contributed by atoms with Gasteiger partial charge in [-0.1, -0.05) is 43.6 Å². The molecule has 0 saturated carbocycles. The van der Waals surface area contributed by atoms with Gasteiger partial charge >= 0.3 is 0 Å². The predicted octanol–water partition coefficient (Wildman–Crippen LogP) is 4.03. The Morgan fingerprint density at radius 2 is 1.81 bits per heavy atom. The number of fused-ring (bicyclic) bond motifs is 3. The average Bonchev–Trinajstić information content (AvgIpc) is 3.31. The molecular formula is C27H31ClN6O2. The summed E-state index contributed by atoms with van der Waals surface area (Å²) in [6.07, 6.45) is 1.67. The van der Waals surface area contributed by atoms with Crippen LogP contribution in [0.3, 0.4) is 0 Å². The van der Waals surface area contributed by atoms with Crippen molar-refractivity contribution in [1.82, 2.24) is 24.1 Å². The lowest BCUT2D eigenvalue weighted by atomic mass is 10.1. The summed E-state index contributed by atoms with van der Waals surface area (Å²) in [4.78, 5) is 30.4. The van der Waals surface area contributed by atoms with Gasteiger partial charge in [0.25, 0.3) is 5.56 Å². The Bertz CT molecular complexity index is 1450. The summed E-state index contributed by atoms with van der Waals surface area (Å²) < 4.78 is 3.66. The molecule has 0 unspecified atom stereocenters. The molecular weight excluding hydrogens is 476 g/mol. The van der Waals surface area contributed by atoms with E-state index in [1.807, 2.05) is 57.8 Å². The zero-order valence-corrected chi connectivity index (χ0v) is 21.5. The number of para-hydroxylation sites is 1. The first kappa shape index (κ1) is 24.3. The zero-order chi connectivity index (χ0) is 25.2. The van der Waals surface area contributed by atoms with Crippen LogP contribution in [-0.2, 0) is 17.8 Å². The van der Waals surface area contributed by atoms with Crippen molar-refractivity contribution < 1.29 is 4.79 Å². The highest BCUT2D eigenvalue weighted by atomic mass is 35.5. The molecule has 1 saturated heterocycles. The maximum atomic E-state index is 13.2. The molecule has 2 aromatic carbocycles. The molecule has 0 spiro atoms. The number of amides is 1. The summed E-state index contributed by atoms with van der Waals surface area (Å²) >= 11 is 6.14. The number of hydrogen-bond donors (Lipinski definition) is 0. The molecule has 5 rings (SSSR count). The molecule has 3 heterocycles. The van der Waals surface area contributed by atoms with Crippen molar-refractivity contribution in [3.8, 4) is 0 Å². The van der Waals surface area contributed by atoms with Gasteiger partial charge in [-0.3, -0.25) is 18.6 Å². The van der Waals surface area contributed by atoms with Crippen molar-refractivity contribution in [1.29, 1.82) is 0 Å². The van der Waals surface area contributed by atoms with E-state index >= 15 is 0 Å². The third kappa shape index (κ3) is 4.82. The van der Waals surface area contributed by atoms with Crippen LogP contribution in [0.4, 0.5) is 5.69 Å². The molecule has 0 bridgehead atoms. The normalized spacial score (nSPS) is 14.3. The Kier molecular flexibility index (Phi) is 6.96. The Balaban J connectivity index is 1.32. The first-order chi connectivity index (χ1) is 17.4. The van der Waals surface area contributed by atoms with E-state index in [2.05, 4.69) is 28.9 Å². The van der Waals surface area contributed by atoms with Crippen molar-refractivity contribution in [3.63, 3.8) is 0 Å². The van der Waals surface area contributed by atoms with E-state index in [1.165, 1.54) is 0 Å². The molecule has 1 fully saturated rings. The SMILES string of the molecule is CC(C)CCn1c(=O)c2ccccc2n2c(CCC(=O)N3CCN(c4cccc(Cl)c4)CC3)nnc12. The number of benzene rings is 2. The molecule has 8 nitrogen and oxygen atoms in total. The number of nitrogens with zero attached hydrogens (tertiary/aromatic N) is 6. The van der Waals surface area contributed by atoms with Gasteiger partial charge in [0.1, 0.15) is 5.82 Å². The van der Waals surface area contributed by atoms with Gasteiger partial charge in [0.05, 0.1) is 10.9 Å². The van der Waals surface area contributed by atoms with E-state index in [4.69, 9.17) is 11.6 Å². The Morgan fingerprint density at radius 1 is 1.03 bits per heavy atom. The number of aryl methyl sites for hydroxylation is 2. The van der Waals surface area contributed by atoms with Crippen LogP contribution in [0, 0.1) is 5.92 Å². The van der Waals surface area contributed by atoms with Crippen molar-refractivity contribution in [2.24, 2.45) is 5.92 Å². The second-order valence-electron chi connectivity index (χ2n) is 9.76. The van der Waals surface area contributed by atoms with Gasteiger partial charge in [0, 0.05) is 56.3 Å². The Morgan fingerprint density at radius 3 is 2.56 bits per heavy atom. The number of aromatic nitrogens is 4. The highest BCUT2D eigenvalue weighted by molar-refractivity contribution is 6.30. The van der Waals surface area contributed by atoms with Crippen LogP contribution in [0.5, 0.6) is 0 Å². The quantitative estimate of drug-likeness (QED) is 0.378. The van der Waals surface area contributed by atoms with E-state index in [0.717, 1.165) is 30.7 Å². The molecule has 1 aliphatic heterocycles. The van der Waals surface area contributed by atoms with Crippen LogP contribution >= 0.6 is 11.6 Å². The van der Waals surface area contributed by atoms with Crippen LogP contribution < -0.4 is 10.5 Å². The van der Waals surface area contributed by atoms with Gasteiger partial charge in [-0.15, -0.1) is 10.2 Å². The predicted molar refractivity (Wildman–Crippen MR) is 143 cm³/mol. The minimum absolute atomic E-state index is 0.0497. The topological polar surface area (TPSA) is 75.7 Å². The molecule has 0 N–H and O–H groups in total.